The van der Waals surface area contributed by atoms with Crippen LogP contribution >= 0.6 is 0 Å². The molecule has 0 aromatic heterocycles. The highest BCUT2D eigenvalue weighted by Gasteiger charge is 2.11. The topological polar surface area (TPSA) is 33.0 Å². The van der Waals surface area contributed by atoms with Crippen LogP contribution in [0.25, 0.3) is 0 Å². The lowest BCUT2D eigenvalue weighted by Crippen LogP contribution is -2.14. The monoisotopic (exact) mass is 114 g/mol. The standard InChI is InChI=1S/C6H12NO/c7-8-6-4-2-1-3-5-6/h6-7H,1-5H2. The van der Waals surface area contributed by atoms with E-state index in [1.165, 1.54) is 19.3 Å². The molecule has 8 heavy (non-hydrogen) atoms. The summed E-state index contributed by atoms with van der Waals surface area (Å²) in [5.41, 5.74) is 0. The second-order valence-corrected chi connectivity index (χ2v) is 2.38. The Hall–Kier alpha value is -0.0800. The second-order valence-electron chi connectivity index (χ2n) is 2.38. The highest BCUT2D eigenvalue weighted by Crippen LogP contribution is 2.18. The Morgan fingerprint density at radius 1 is 1.12 bits per heavy atom. The summed E-state index contributed by atoms with van der Waals surface area (Å²) in [6.07, 6.45) is 6.30. The number of nitrogens with one attached hydrogen (secondary N) is 1. The van der Waals surface area contributed by atoms with Crippen molar-refractivity contribution in [1.29, 1.82) is 0 Å². The third-order valence-electron chi connectivity index (χ3n) is 1.72. The Labute approximate surface area is 50.0 Å². The van der Waals surface area contributed by atoms with Crippen molar-refractivity contribution in [2.75, 3.05) is 0 Å². The molecule has 47 valence electrons. The van der Waals surface area contributed by atoms with E-state index in [1.807, 2.05) is 0 Å². The Balaban J connectivity index is 2.13. The summed E-state index contributed by atoms with van der Waals surface area (Å²) in [5.74, 6) is 6.60. The smallest absolute Gasteiger partial charge is 0.0807 e. The normalized spacial score (nSPS) is 23.6. The van der Waals surface area contributed by atoms with Crippen LogP contribution in [0.4, 0.5) is 0 Å². The van der Waals surface area contributed by atoms with Gasteiger partial charge >= 0.3 is 0 Å². The molecule has 1 rings (SSSR count). The molecule has 0 unspecified atom stereocenters. The van der Waals surface area contributed by atoms with Gasteiger partial charge in [-0.15, -0.1) is 5.90 Å². The van der Waals surface area contributed by atoms with E-state index in [1.54, 1.807) is 0 Å². The zero-order chi connectivity index (χ0) is 5.82. The molecule has 0 bridgehead atoms. The SMILES string of the molecule is [NH]OC1CCCCC1. The third kappa shape index (κ3) is 1.46. The van der Waals surface area contributed by atoms with Crippen LogP contribution in [0.15, 0.2) is 0 Å². The van der Waals surface area contributed by atoms with Gasteiger partial charge in [-0.25, -0.2) is 0 Å². The Morgan fingerprint density at radius 2 is 1.75 bits per heavy atom. The summed E-state index contributed by atoms with van der Waals surface area (Å²) >= 11 is 0. The minimum absolute atomic E-state index is 0.253. The van der Waals surface area contributed by atoms with E-state index < -0.39 is 0 Å². The molecule has 1 aliphatic rings. The zero-order valence-corrected chi connectivity index (χ0v) is 5.02. The van der Waals surface area contributed by atoms with E-state index >= 15 is 0 Å². The van der Waals surface area contributed by atoms with E-state index in [4.69, 9.17) is 5.90 Å². The van der Waals surface area contributed by atoms with Crippen molar-refractivity contribution in [3.63, 3.8) is 0 Å². The summed E-state index contributed by atoms with van der Waals surface area (Å²) < 4.78 is 0. The van der Waals surface area contributed by atoms with Gasteiger partial charge in [0.25, 0.3) is 0 Å². The summed E-state index contributed by atoms with van der Waals surface area (Å²) in [6.45, 7) is 0. The van der Waals surface area contributed by atoms with Gasteiger partial charge in [0.15, 0.2) is 0 Å². The molecule has 2 nitrogen and oxygen atoms in total. The fourth-order valence-electron chi connectivity index (χ4n) is 1.18. The fraction of sp³-hybridized carbons (Fsp3) is 1.00. The van der Waals surface area contributed by atoms with Crippen LogP contribution in [0.5, 0.6) is 0 Å². The predicted octanol–water partition coefficient (Wildman–Crippen LogP) is 1.53. The van der Waals surface area contributed by atoms with Crippen molar-refractivity contribution in [1.82, 2.24) is 5.90 Å². The fourth-order valence-corrected chi connectivity index (χ4v) is 1.18. The first kappa shape index (κ1) is 6.05. The van der Waals surface area contributed by atoms with Gasteiger partial charge in [-0.05, 0) is 12.8 Å². The van der Waals surface area contributed by atoms with Crippen LogP contribution in [-0.2, 0) is 4.84 Å². The molecular formula is C6H12NO. The molecule has 1 fully saturated rings. The van der Waals surface area contributed by atoms with Gasteiger partial charge in [0.2, 0.25) is 0 Å². The maximum absolute atomic E-state index is 6.60. The maximum Gasteiger partial charge on any atom is 0.0807 e. The molecule has 0 amide bonds. The van der Waals surface area contributed by atoms with Crippen molar-refractivity contribution in [3.05, 3.63) is 0 Å². The van der Waals surface area contributed by atoms with Crippen molar-refractivity contribution < 1.29 is 4.84 Å². The summed E-state index contributed by atoms with van der Waals surface area (Å²) in [7, 11) is 0. The molecule has 1 aliphatic carbocycles. The molecule has 0 spiro atoms. The first-order valence-electron chi connectivity index (χ1n) is 3.26. The Kier molecular flexibility index (Phi) is 2.30. The molecule has 0 aliphatic heterocycles. The molecule has 0 saturated heterocycles. The molecule has 1 saturated carbocycles. The van der Waals surface area contributed by atoms with E-state index in [0.29, 0.717) is 0 Å². The Morgan fingerprint density at radius 3 is 2.12 bits per heavy atom. The minimum atomic E-state index is 0.253. The Bertz CT molecular complexity index is 59.5. The average molecular weight is 114 g/mol. The third-order valence-corrected chi connectivity index (χ3v) is 1.72. The van der Waals surface area contributed by atoms with Crippen LogP contribution in [0.1, 0.15) is 32.1 Å². The number of hydrogen-bond donors (Lipinski definition) is 0. The summed E-state index contributed by atoms with van der Waals surface area (Å²) in [4.78, 5) is 4.44. The molecular weight excluding hydrogens is 102 g/mol. The lowest BCUT2D eigenvalue weighted by molar-refractivity contribution is 0.0135. The molecule has 0 heterocycles. The number of hydrogen-bond acceptors (Lipinski definition) is 1. The van der Waals surface area contributed by atoms with Crippen LogP contribution in [-0.4, -0.2) is 6.10 Å². The van der Waals surface area contributed by atoms with E-state index in [9.17, 15) is 0 Å². The van der Waals surface area contributed by atoms with Crippen molar-refractivity contribution in [2.24, 2.45) is 0 Å². The van der Waals surface area contributed by atoms with Gasteiger partial charge in [0.05, 0.1) is 6.10 Å². The maximum atomic E-state index is 6.60. The van der Waals surface area contributed by atoms with Crippen LogP contribution in [0.3, 0.4) is 0 Å². The number of rotatable bonds is 1. The van der Waals surface area contributed by atoms with Crippen molar-refractivity contribution in [2.45, 2.75) is 38.2 Å². The van der Waals surface area contributed by atoms with Crippen molar-refractivity contribution in [3.8, 4) is 0 Å². The van der Waals surface area contributed by atoms with E-state index in [-0.39, 0.29) is 6.10 Å². The molecule has 1 N–H and O–H groups in total. The summed E-state index contributed by atoms with van der Waals surface area (Å²) in [6, 6.07) is 0. The van der Waals surface area contributed by atoms with Crippen LogP contribution in [0, 0.1) is 0 Å². The lowest BCUT2D eigenvalue weighted by Gasteiger charge is -2.17. The lowest BCUT2D eigenvalue weighted by atomic mass is 9.98. The van der Waals surface area contributed by atoms with Crippen LogP contribution in [0.2, 0.25) is 0 Å². The molecule has 0 aromatic carbocycles. The van der Waals surface area contributed by atoms with E-state index in [0.717, 1.165) is 12.8 Å². The molecule has 1 radical (unpaired) electrons. The quantitative estimate of drug-likeness (QED) is 0.476. The highest BCUT2D eigenvalue weighted by molar-refractivity contribution is 4.63. The van der Waals surface area contributed by atoms with Crippen molar-refractivity contribution >= 4 is 0 Å². The largest absolute Gasteiger partial charge is 0.282 e. The van der Waals surface area contributed by atoms with Gasteiger partial charge in [0, 0.05) is 0 Å². The minimum Gasteiger partial charge on any atom is -0.282 e. The predicted molar refractivity (Wildman–Crippen MR) is 31.1 cm³/mol. The molecule has 0 atom stereocenters. The first-order chi connectivity index (χ1) is 3.93. The van der Waals surface area contributed by atoms with Gasteiger partial charge in [-0.2, -0.15) is 0 Å². The highest BCUT2D eigenvalue weighted by atomic mass is 16.6. The second kappa shape index (κ2) is 3.05. The zero-order valence-electron chi connectivity index (χ0n) is 5.02. The van der Waals surface area contributed by atoms with E-state index in [2.05, 4.69) is 4.84 Å². The molecule has 0 aromatic rings. The van der Waals surface area contributed by atoms with Gasteiger partial charge < -0.3 is 0 Å². The van der Waals surface area contributed by atoms with Gasteiger partial charge in [-0.1, -0.05) is 19.3 Å². The summed E-state index contributed by atoms with van der Waals surface area (Å²) in [5, 5.41) is 0. The van der Waals surface area contributed by atoms with Crippen LogP contribution < -0.4 is 5.90 Å². The van der Waals surface area contributed by atoms with Gasteiger partial charge in [0.1, 0.15) is 0 Å². The van der Waals surface area contributed by atoms with Gasteiger partial charge in [-0.3, -0.25) is 4.84 Å². The molecule has 2 heteroatoms. The first-order valence-corrected chi connectivity index (χ1v) is 3.26. The average Bonchev–Trinajstić information content (AvgIpc) is 1.90.